The molecule has 0 spiro atoms. The average molecular weight is 1210 g/mol. The SMILES string of the molecule is NC[C@H]1O[C@H](O[C@H]2[C@H](O)[C@@H](O[C@H]3O[C@H](CSCCOCCSSCCOCCSC[C@H]4O[C@H](O[C@@H]5[C@@H](O)[C@H](O[C@H]6O[C@H](CN)[C@@H](O)[C@H](O)[C@H]6O)[C@@H](N)C[C@H]5N)[C@H](O)[C@@H](N)[C@@H]4O)[C@@H](O)[C@H](N)[C@H]3O)[C@H](N)C[C@@H]2N)[C@H](O)[C@@H](O)[C@@H]1O. The van der Waals surface area contributed by atoms with E-state index in [0.29, 0.717) is 49.4 Å². The van der Waals surface area contributed by atoms with Crippen molar-refractivity contribution in [3.63, 3.8) is 0 Å². The molecule has 34 heteroatoms. The number of hydrogen-bond donors (Lipinski definition) is 20. The summed E-state index contributed by atoms with van der Waals surface area (Å²) in [6.07, 6.45) is -32.7. The van der Waals surface area contributed by atoms with Gasteiger partial charge in [-0.2, -0.15) is 23.5 Å². The van der Waals surface area contributed by atoms with Gasteiger partial charge in [0.1, 0.15) is 97.7 Å². The van der Waals surface area contributed by atoms with Crippen molar-refractivity contribution in [2.45, 2.75) is 196 Å². The maximum atomic E-state index is 11.4. The summed E-state index contributed by atoms with van der Waals surface area (Å²) in [5, 5.41) is 128. The van der Waals surface area contributed by atoms with Crippen LogP contribution in [0.1, 0.15) is 12.8 Å². The molecule has 78 heavy (non-hydrogen) atoms. The van der Waals surface area contributed by atoms with Crippen LogP contribution in [0.5, 0.6) is 0 Å². The summed E-state index contributed by atoms with van der Waals surface area (Å²) in [7, 11) is 3.25. The van der Waals surface area contributed by atoms with Crippen LogP contribution < -0.4 is 45.9 Å². The van der Waals surface area contributed by atoms with E-state index >= 15 is 0 Å². The first-order chi connectivity index (χ1) is 37.1. The lowest BCUT2D eigenvalue weighted by atomic mass is 9.84. The predicted octanol–water partition coefficient (Wildman–Crippen LogP) is -10.7. The smallest absolute Gasteiger partial charge is 0.187 e. The first kappa shape index (κ1) is 67.3. The van der Waals surface area contributed by atoms with Crippen LogP contribution in [0, 0.1) is 0 Å². The molecule has 30 nitrogen and oxygen atoms in total. The van der Waals surface area contributed by atoms with Gasteiger partial charge in [0.05, 0.1) is 62.9 Å². The van der Waals surface area contributed by atoms with Crippen molar-refractivity contribution in [1.82, 2.24) is 0 Å². The fourth-order valence-electron chi connectivity index (χ4n) is 9.92. The molecule has 6 aliphatic rings. The van der Waals surface area contributed by atoms with E-state index in [-0.39, 0.29) is 37.4 Å². The molecule has 4 saturated heterocycles. The molecule has 4 heterocycles. The minimum absolute atomic E-state index is 0.0676. The molecule has 0 radical (unpaired) electrons. The average Bonchev–Trinajstić information content (AvgIpc) is 3.46. The van der Waals surface area contributed by atoms with Gasteiger partial charge in [-0.25, -0.2) is 0 Å². The summed E-state index contributed by atoms with van der Waals surface area (Å²) in [6, 6.07) is -5.79. The largest absolute Gasteiger partial charge is 0.389 e. The van der Waals surface area contributed by atoms with Crippen LogP contribution >= 0.6 is 45.1 Å². The zero-order valence-corrected chi connectivity index (χ0v) is 46.2. The molecule has 0 aromatic heterocycles. The van der Waals surface area contributed by atoms with Crippen molar-refractivity contribution in [2.75, 3.05) is 74.0 Å². The molecule has 2 aliphatic carbocycles. The van der Waals surface area contributed by atoms with Crippen LogP contribution in [0.15, 0.2) is 0 Å². The van der Waals surface area contributed by atoms with E-state index < -0.39 is 183 Å². The fourth-order valence-corrected chi connectivity index (χ4v) is 13.5. The number of thioether (sulfide) groups is 2. The quantitative estimate of drug-likeness (QED) is 0.0268. The molecule has 2 saturated carbocycles. The Kier molecular flexibility index (Phi) is 27.7. The van der Waals surface area contributed by atoms with Gasteiger partial charge in [-0.05, 0) is 12.8 Å². The van der Waals surface area contributed by atoms with Crippen molar-refractivity contribution >= 4 is 45.1 Å². The van der Waals surface area contributed by atoms with Gasteiger partial charge < -0.3 is 155 Å². The summed E-state index contributed by atoms with van der Waals surface area (Å²) >= 11 is 2.86. The third kappa shape index (κ3) is 17.0. The Morgan fingerprint density at radius 1 is 0.346 bits per heavy atom. The van der Waals surface area contributed by atoms with Crippen LogP contribution in [0.4, 0.5) is 0 Å². The number of hydrogen-bond acceptors (Lipinski definition) is 34. The van der Waals surface area contributed by atoms with E-state index in [1.54, 1.807) is 21.6 Å². The molecule has 28 N–H and O–H groups in total. The topological polar surface area (TPSA) is 543 Å². The van der Waals surface area contributed by atoms with Crippen molar-refractivity contribution in [1.29, 1.82) is 0 Å². The number of ether oxygens (including phenoxy) is 10. The Labute approximate surface area is 468 Å². The van der Waals surface area contributed by atoms with Crippen molar-refractivity contribution in [3.8, 4) is 0 Å². The molecule has 4 aliphatic heterocycles. The maximum absolute atomic E-state index is 11.4. The highest BCUT2D eigenvalue weighted by Crippen LogP contribution is 2.34. The fraction of sp³-hybridized carbons (Fsp3) is 1.00. The van der Waals surface area contributed by atoms with Gasteiger partial charge in [-0.15, -0.1) is 0 Å². The van der Waals surface area contributed by atoms with Gasteiger partial charge >= 0.3 is 0 Å². The summed E-state index contributed by atoms with van der Waals surface area (Å²) < 4.78 is 58.2. The Bertz CT molecular complexity index is 1620. The molecule has 30 atom stereocenters. The lowest BCUT2D eigenvalue weighted by Crippen LogP contribution is -2.68. The van der Waals surface area contributed by atoms with E-state index in [1.807, 2.05) is 0 Å². The van der Waals surface area contributed by atoms with Gasteiger partial charge in [0, 0.05) is 71.8 Å². The van der Waals surface area contributed by atoms with E-state index in [9.17, 15) is 61.3 Å². The lowest BCUT2D eigenvalue weighted by molar-refractivity contribution is -0.330. The zero-order chi connectivity index (χ0) is 57.1. The van der Waals surface area contributed by atoms with Gasteiger partial charge in [-0.3, -0.25) is 0 Å². The van der Waals surface area contributed by atoms with Crippen LogP contribution in [-0.4, -0.2) is 319 Å². The highest BCUT2D eigenvalue weighted by atomic mass is 33.1. The van der Waals surface area contributed by atoms with Gasteiger partial charge in [0.15, 0.2) is 25.2 Å². The molecule has 458 valence electrons. The standard InChI is InChI=1S/C44H86N8O22S4/c45-11-19-27(55)31(59)33(61)43(67-19)73-39-17(49)9-15(47)37(35(39)63)71-41-29(57)23(51)25(53)21(69-41)13-75-5-1-65-3-7-77-78-8-4-66-2-6-76-14-22-26(54)24(52)30(58)42(70-22)72-38-16(48)10-18(50)40(36(38)64)74-44-34(62)32(60)28(56)20(12-46)68-44/h15-44,53-64H,1-14,45-52H2/t15-,16-,17+,18+,19-,20-,21-,22-,23+,24+,25-,26-,27-,28-,29-,30-,31+,32+,33-,34-,35-,36-,37+,38+,39-,40-,41-,42-,43-,44-/m1/s1. The van der Waals surface area contributed by atoms with E-state index in [4.69, 9.17) is 93.2 Å². The third-order valence-corrected chi connectivity index (χ3v) is 19.0. The Hall–Kier alpha value is 0.200. The Morgan fingerprint density at radius 3 is 0.962 bits per heavy atom. The number of nitrogens with two attached hydrogens (primary N) is 8. The van der Waals surface area contributed by atoms with Crippen LogP contribution in [0.25, 0.3) is 0 Å². The second-order valence-corrected chi connectivity index (χ2v) is 25.2. The van der Waals surface area contributed by atoms with Crippen LogP contribution in [0.3, 0.4) is 0 Å². The number of aliphatic hydroxyl groups excluding tert-OH is 12. The molecule has 0 aromatic carbocycles. The first-order valence-corrected chi connectivity index (χ1v) is 30.8. The number of rotatable bonds is 27. The minimum atomic E-state index is -1.70. The number of aliphatic hydroxyl groups is 12. The van der Waals surface area contributed by atoms with Crippen LogP contribution in [0.2, 0.25) is 0 Å². The predicted molar refractivity (Wildman–Crippen MR) is 283 cm³/mol. The summed E-state index contributed by atoms with van der Waals surface area (Å²) in [5.41, 5.74) is 48.8. The normalized spacial score (nSPS) is 47.5. The summed E-state index contributed by atoms with van der Waals surface area (Å²) in [4.78, 5) is 0. The third-order valence-electron chi connectivity index (χ3n) is 14.6. The van der Waals surface area contributed by atoms with Gasteiger partial charge in [0.2, 0.25) is 0 Å². The van der Waals surface area contributed by atoms with Crippen LogP contribution in [-0.2, 0) is 47.4 Å². The van der Waals surface area contributed by atoms with E-state index in [1.165, 1.54) is 23.5 Å². The molecule has 0 aromatic rings. The monoisotopic (exact) mass is 1210 g/mol. The van der Waals surface area contributed by atoms with Crippen molar-refractivity contribution in [3.05, 3.63) is 0 Å². The molecule has 0 amide bonds. The molecular formula is C44H86N8O22S4. The zero-order valence-electron chi connectivity index (χ0n) is 42.9. The maximum Gasteiger partial charge on any atom is 0.187 e. The van der Waals surface area contributed by atoms with E-state index in [0.717, 1.165) is 0 Å². The minimum Gasteiger partial charge on any atom is -0.389 e. The summed E-state index contributed by atoms with van der Waals surface area (Å²) in [5.74, 6) is 3.06. The molecule has 6 fully saturated rings. The Balaban J connectivity index is 0.810. The summed E-state index contributed by atoms with van der Waals surface area (Å²) in [6.45, 7) is 1.40. The van der Waals surface area contributed by atoms with Gasteiger partial charge in [0.25, 0.3) is 0 Å². The molecular weight excluding hydrogens is 1120 g/mol. The lowest BCUT2D eigenvalue weighted by Gasteiger charge is -2.48. The highest BCUT2D eigenvalue weighted by Gasteiger charge is 2.54. The molecule has 6 rings (SSSR count). The van der Waals surface area contributed by atoms with Crippen molar-refractivity contribution < 1.29 is 109 Å². The van der Waals surface area contributed by atoms with Gasteiger partial charge in [-0.1, -0.05) is 21.6 Å². The molecule has 0 unspecified atom stereocenters. The highest BCUT2D eigenvalue weighted by molar-refractivity contribution is 8.76. The molecule has 0 bridgehead atoms. The van der Waals surface area contributed by atoms with E-state index in [2.05, 4.69) is 0 Å². The second-order valence-electron chi connectivity index (χ2n) is 20.2. The second kappa shape index (κ2) is 32.1. The first-order valence-electron chi connectivity index (χ1n) is 26.0. The Morgan fingerprint density at radius 2 is 0.641 bits per heavy atom. The van der Waals surface area contributed by atoms with Crippen molar-refractivity contribution in [2.24, 2.45) is 45.9 Å².